The number of aromatic nitrogens is 1. The van der Waals surface area contributed by atoms with Crippen LogP contribution in [0.3, 0.4) is 0 Å². The molecule has 1 aromatic carbocycles. The van der Waals surface area contributed by atoms with Crippen LogP contribution in [0.5, 0.6) is 0 Å². The van der Waals surface area contributed by atoms with Gasteiger partial charge in [-0.05, 0) is 55.7 Å². The number of sulfonamides is 1. The second-order valence-electron chi connectivity index (χ2n) is 6.08. The molecule has 2 rings (SSSR count). The van der Waals surface area contributed by atoms with Crippen molar-refractivity contribution in [1.82, 2.24) is 10.3 Å². The number of nitrogens with zero attached hydrogens (tertiary/aromatic N) is 2. The number of rotatable bonds is 6. The third-order valence-corrected chi connectivity index (χ3v) is 5.26. The summed E-state index contributed by atoms with van der Waals surface area (Å²) in [7, 11) is -3.61. The Hall–Kier alpha value is -2.41. The molecule has 1 amide bonds. The summed E-state index contributed by atoms with van der Waals surface area (Å²) in [6.07, 6.45) is 4.41. The van der Waals surface area contributed by atoms with Gasteiger partial charge in [-0.15, -0.1) is 0 Å². The highest BCUT2D eigenvalue weighted by molar-refractivity contribution is 7.92. The molecule has 0 saturated carbocycles. The van der Waals surface area contributed by atoms with Gasteiger partial charge in [-0.2, -0.15) is 0 Å². The van der Waals surface area contributed by atoms with Crippen molar-refractivity contribution in [3.05, 3.63) is 59.4 Å². The summed E-state index contributed by atoms with van der Waals surface area (Å²) in [6.45, 7) is 5.73. The van der Waals surface area contributed by atoms with Gasteiger partial charge in [0.1, 0.15) is 6.04 Å². The lowest BCUT2D eigenvalue weighted by Crippen LogP contribution is -2.47. The molecule has 0 aliphatic rings. The van der Waals surface area contributed by atoms with Crippen LogP contribution in [0, 0.1) is 13.8 Å². The van der Waals surface area contributed by atoms with E-state index in [-0.39, 0.29) is 5.91 Å². The largest absolute Gasteiger partial charge is 0.350 e. The van der Waals surface area contributed by atoms with Crippen LogP contribution in [-0.2, 0) is 21.4 Å². The van der Waals surface area contributed by atoms with Gasteiger partial charge in [0.25, 0.3) is 0 Å². The van der Waals surface area contributed by atoms with Gasteiger partial charge in [-0.1, -0.05) is 12.1 Å². The van der Waals surface area contributed by atoms with E-state index in [4.69, 9.17) is 0 Å². The molecule has 0 aliphatic carbocycles. The van der Waals surface area contributed by atoms with E-state index in [1.165, 1.54) is 0 Å². The van der Waals surface area contributed by atoms with Gasteiger partial charge in [0.05, 0.1) is 11.9 Å². The minimum atomic E-state index is -3.61. The molecule has 0 bridgehead atoms. The third kappa shape index (κ3) is 4.79. The van der Waals surface area contributed by atoms with Crippen molar-refractivity contribution in [2.24, 2.45) is 0 Å². The molecular weight excluding hydrogens is 338 g/mol. The number of nitrogens with one attached hydrogen (secondary N) is 1. The predicted octanol–water partition coefficient (Wildman–Crippen LogP) is 2.17. The maximum absolute atomic E-state index is 12.5. The van der Waals surface area contributed by atoms with Crippen LogP contribution in [0.1, 0.15) is 23.6 Å². The maximum atomic E-state index is 12.5. The van der Waals surface area contributed by atoms with E-state index >= 15 is 0 Å². The first-order valence-corrected chi connectivity index (χ1v) is 9.78. The predicted molar refractivity (Wildman–Crippen MR) is 98.8 cm³/mol. The summed E-state index contributed by atoms with van der Waals surface area (Å²) < 4.78 is 25.7. The molecule has 0 radical (unpaired) electrons. The summed E-state index contributed by atoms with van der Waals surface area (Å²) in [6, 6.07) is 8.10. The minimum absolute atomic E-state index is 0.293. The normalized spacial score (nSPS) is 12.5. The highest BCUT2D eigenvalue weighted by Crippen LogP contribution is 2.23. The van der Waals surface area contributed by atoms with Gasteiger partial charge in [0.2, 0.25) is 15.9 Å². The van der Waals surface area contributed by atoms with Crippen LogP contribution in [0.2, 0.25) is 0 Å². The summed E-state index contributed by atoms with van der Waals surface area (Å²) >= 11 is 0. The Kier molecular flexibility index (Phi) is 5.79. The fourth-order valence-electron chi connectivity index (χ4n) is 2.51. The molecule has 0 fully saturated rings. The second kappa shape index (κ2) is 7.65. The van der Waals surface area contributed by atoms with Gasteiger partial charge in [-0.3, -0.25) is 14.1 Å². The van der Waals surface area contributed by atoms with Gasteiger partial charge < -0.3 is 5.32 Å². The summed E-state index contributed by atoms with van der Waals surface area (Å²) in [4.78, 5) is 16.5. The van der Waals surface area contributed by atoms with Crippen molar-refractivity contribution in [1.29, 1.82) is 0 Å². The molecule has 1 atom stereocenters. The average molecular weight is 361 g/mol. The number of hydrogen-bond donors (Lipinski definition) is 1. The van der Waals surface area contributed by atoms with E-state index in [1.54, 1.807) is 37.5 Å². The maximum Gasteiger partial charge on any atom is 0.243 e. The Morgan fingerprint density at radius 3 is 2.52 bits per heavy atom. The molecule has 0 saturated heterocycles. The van der Waals surface area contributed by atoms with Crippen LogP contribution < -0.4 is 9.62 Å². The number of carbonyl (C=O) groups excluding carboxylic acids is 1. The zero-order valence-electron chi connectivity index (χ0n) is 14.9. The lowest BCUT2D eigenvalue weighted by Gasteiger charge is -2.28. The average Bonchev–Trinajstić information content (AvgIpc) is 2.55. The SMILES string of the molecule is Cc1ccc(N(C(C)C(=O)NCc2cccnc2)S(C)(=O)=O)cc1C. The standard InChI is InChI=1S/C18H23N3O3S/c1-13-7-8-17(10-14(13)2)21(25(4,23)24)15(3)18(22)20-12-16-6-5-9-19-11-16/h5-11,15H,12H2,1-4H3,(H,20,22). The molecule has 1 unspecified atom stereocenters. The highest BCUT2D eigenvalue weighted by Gasteiger charge is 2.29. The number of pyridine rings is 1. The number of benzene rings is 1. The highest BCUT2D eigenvalue weighted by atomic mass is 32.2. The minimum Gasteiger partial charge on any atom is -0.350 e. The smallest absolute Gasteiger partial charge is 0.243 e. The van der Waals surface area contributed by atoms with Crippen LogP contribution >= 0.6 is 0 Å². The van der Waals surface area contributed by atoms with Crippen LogP contribution in [0.4, 0.5) is 5.69 Å². The van der Waals surface area contributed by atoms with E-state index in [0.717, 1.165) is 27.3 Å². The van der Waals surface area contributed by atoms with Gasteiger partial charge in [0.15, 0.2) is 0 Å². The van der Waals surface area contributed by atoms with Crippen LogP contribution in [0.15, 0.2) is 42.7 Å². The van der Waals surface area contributed by atoms with Crippen LogP contribution in [0.25, 0.3) is 0 Å². The Balaban J connectivity index is 2.22. The van der Waals surface area contributed by atoms with Crippen LogP contribution in [-0.4, -0.2) is 31.6 Å². The third-order valence-electron chi connectivity index (χ3n) is 4.02. The summed E-state index contributed by atoms with van der Waals surface area (Å²) in [5.41, 5.74) is 3.36. The molecular formula is C18H23N3O3S. The topological polar surface area (TPSA) is 79.4 Å². The van der Waals surface area contributed by atoms with Gasteiger partial charge in [-0.25, -0.2) is 8.42 Å². The summed E-state index contributed by atoms with van der Waals surface area (Å²) in [5, 5.41) is 2.76. The number of amides is 1. The molecule has 134 valence electrons. The Bertz CT molecular complexity index is 851. The zero-order valence-corrected chi connectivity index (χ0v) is 15.7. The number of aryl methyl sites for hydroxylation is 2. The lowest BCUT2D eigenvalue weighted by atomic mass is 10.1. The van der Waals surface area contributed by atoms with Crippen molar-refractivity contribution in [2.45, 2.75) is 33.4 Å². The Morgan fingerprint density at radius 1 is 1.24 bits per heavy atom. The van der Waals surface area contributed by atoms with E-state index in [1.807, 2.05) is 26.0 Å². The van der Waals surface area contributed by atoms with Crippen molar-refractivity contribution in [2.75, 3.05) is 10.6 Å². The molecule has 7 heteroatoms. The first kappa shape index (κ1) is 18.9. The van der Waals surface area contributed by atoms with Gasteiger partial charge >= 0.3 is 0 Å². The first-order valence-electron chi connectivity index (χ1n) is 7.93. The molecule has 6 nitrogen and oxygen atoms in total. The molecule has 1 heterocycles. The Labute approximate surface area is 148 Å². The fourth-order valence-corrected chi connectivity index (χ4v) is 3.68. The molecule has 1 N–H and O–H groups in total. The first-order chi connectivity index (χ1) is 11.7. The van der Waals surface area contributed by atoms with Gasteiger partial charge in [0, 0.05) is 18.9 Å². The number of hydrogen-bond acceptors (Lipinski definition) is 4. The lowest BCUT2D eigenvalue weighted by molar-refractivity contribution is -0.122. The number of carbonyl (C=O) groups is 1. The summed E-state index contributed by atoms with van der Waals surface area (Å²) in [5.74, 6) is -0.368. The molecule has 25 heavy (non-hydrogen) atoms. The van der Waals surface area contributed by atoms with E-state index in [2.05, 4.69) is 10.3 Å². The van der Waals surface area contributed by atoms with E-state index in [9.17, 15) is 13.2 Å². The quantitative estimate of drug-likeness (QED) is 0.855. The molecule has 0 aliphatic heterocycles. The molecule has 0 spiro atoms. The molecule has 1 aromatic heterocycles. The molecule has 2 aromatic rings. The Morgan fingerprint density at radius 2 is 1.96 bits per heavy atom. The van der Waals surface area contributed by atoms with E-state index < -0.39 is 16.1 Å². The van der Waals surface area contributed by atoms with Crippen molar-refractivity contribution in [3.8, 4) is 0 Å². The number of anilines is 1. The zero-order chi connectivity index (χ0) is 18.6. The van der Waals surface area contributed by atoms with E-state index in [0.29, 0.717) is 12.2 Å². The second-order valence-corrected chi connectivity index (χ2v) is 7.94. The monoisotopic (exact) mass is 361 g/mol. The van der Waals surface area contributed by atoms with Crippen molar-refractivity contribution >= 4 is 21.6 Å². The van der Waals surface area contributed by atoms with Crippen molar-refractivity contribution < 1.29 is 13.2 Å². The fraction of sp³-hybridized carbons (Fsp3) is 0.333. The van der Waals surface area contributed by atoms with Crippen molar-refractivity contribution in [3.63, 3.8) is 0 Å².